The lowest BCUT2D eigenvalue weighted by molar-refractivity contribution is 0.380. The molecule has 1 heterocycles. The molecule has 1 atom stereocenters. The molecular weight excluding hydrogens is 198 g/mol. The summed E-state index contributed by atoms with van der Waals surface area (Å²) in [6.07, 6.45) is 5.13. The van der Waals surface area contributed by atoms with Crippen LogP contribution in [0.2, 0.25) is 0 Å². The van der Waals surface area contributed by atoms with Gasteiger partial charge in [-0.15, -0.1) is 0 Å². The fourth-order valence-electron chi connectivity index (χ4n) is 2.72. The second-order valence-electron chi connectivity index (χ2n) is 4.76. The Morgan fingerprint density at radius 1 is 1.19 bits per heavy atom. The third-order valence-electron chi connectivity index (χ3n) is 3.68. The molecule has 1 aliphatic rings. The lowest BCUT2D eigenvalue weighted by Crippen LogP contribution is -2.18. The first-order chi connectivity index (χ1) is 7.84. The lowest BCUT2D eigenvalue weighted by Gasteiger charge is -2.15. The predicted molar refractivity (Wildman–Crippen MR) is 65.1 cm³/mol. The Morgan fingerprint density at radius 3 is 2.69 bits per heavy atom. The maximum absolute atomic E-state index is 6.27. The molecule has 2 heteroatoms. The van der Waals surface area contributed by atoms with E-state index in [1.807, 2.05) is 18.2 Å². The Balaban J connectivity index is 1.92. The summed E-state index contributed by atoms with van der Waals surface area (Å²) >= 11 is 0. The van der Waals surface area contributed by atoms with Gasteiger partial charge in [0.05, 0.1) is 6.04 Å². The fraction of sp³-hybridized carbons (Fsp3) is 0.429. The standard InChI is InChI=1S/C14H17NO/c15-14(10-5-1-2-6-10)13-9-11-7-3-4-8-12(11)16-13/h3-4,7-10,14H,1-2,5-6,15H2/t14-/m0/s1. The molecule has 1 saturated carbocycles. The highest BCUT2D eigenvalue weighted by atomic mass is 16.3. The van der Waals surface area contributed by atoms with Crippen LogP contribution in [0.1, 0.15) is 37.5 Å². The van der Waals surface area contributed by atoms with Crippen molar-refractivity contribution in [1.82, 2.24) is 0 Å². The Hall–Kier alpha value is -1.28. The van der Waals surface area contributed by atoms with E-state index in [9.17, 15) is 0 Å². The van der Waals surface area contributed by atoms with Gasteiger partial charge >= 0.3 is 0 Å². The molecule has 1 aliphatic carbocycles. The quantitative estimate of drug-likeness (QED) is 0.831. The van der Waals surface area contributed by atoms with Gasteiger partial charge in [-0.1, -0.05) is 31.0 Å². The summed E-state index contributed by atoms with van der Waals surface area (Å²) in [6.45, 7) is 0. The lowest BCUT2D eigenvalue weighted by atomic mass is 9.97. The molecule has 2 aromatic rings. The molecule has 0 amide bonds. The number of nitrogens with two attached hydrogens (primary N) is 1. The third-order valence-corrected chi connectivity index (χ3v) is 3.68. The summed E-state index contributed by atoms with van der Waals surface area (Å²) in [5.74, 6) is 1.56. The van der Waals surface area contributed by atoms with Gasteiger partial charge in [0, 0.05) is 5.39 Å². The number of fused-ring (bicyclic) bond motifs is 1. The molecule has 2 nitrogen and oxygen atoms in total. The second-order valence-corrected chi connectivity index (χ2v) is 4.76. The summed E-state index contributed by atoms with van der Waals surface area (Å²) in [6, 6.07) is 10.3. The minimum Gasteiger partial charge on any atom is -0.459 e. The minimum absolute atomic E-state index is 0.0786. The van der Waals surface area contributed by atoms with Crippen molar-refractivity contribution >= 4 is 11.0 Å². The zero-order chi connectivity index (χ0) is 11.0. The molecule has 1 fully saturated rings. The van der Waals surface area contributed by atoms with Crippen molar-refractivity contribution < 1.29 is 4.42 Å². The number of rotatable bonds is 2. The number of benzene rings is 1. The zero-order valence-corrected chi connectivity index (χ0v) is 9.36. The van der Waals surface area contributed by atoms with Gasteiger partial charge < -0.3 is 10.2 Å². The SMILES string of the molecule is N[C@H](c1cc2ccccc2o1)C1CCCC1. The molecule has 0 unspecified atom stereocenters. The number of hydrogen-bond acceptors (Lipinski definition) is 2. The molecule has 0 radical (unpaired) electrons. The summed E-state index contributed by atoms with van der Waals surface area (Å²) in [7, 11) is 0. The van der Waals surface area contributed by atoms with Crippen molar-refractivity contribution in [3.63, 3.8) is 0 Å². The normalized spacial score (nSPS) is 19.3. The molecule has 0 spiro atoms. The highest BCUT2D eigenvalue weighted by molar-refractivity contribution is 5.77. The van der Waals surface area contributed by atoms with Crippen molar-refractivity contribution in [2.75, 3.05) is 0 Å². The Kier molecular flexibility index (Phi) is 2.44. The average Bonchev–Trinajstić information content (AvgIpc) is 2.97. The summed E-state index contributed by atoms with van der Waals surface area (Å²) in [5.41, 5.74) is 7.22. The minimum atomic E-state index is 0.0786. The molecular formula is C14H17NO. The molecule has 16 heavy (non-hydrogen) atoms. The molecule has 3 rings (SSSR count). The van der Waals surface area contributed by atoms with Crippen molar-refractivity contribution in [2.45, 2.75) is 31.7 Å². The van der Waals surface area contributed by atoms with Crippen molar-refractivity contribution in [1.29, 1.82) is 0 Å². The van der Waals surface area contributed by atoms with Crippen LogP contribution in [0.5, 0.6) is 0 Å². The Bertz CT molecular complexity index is 449. The van der Waals surface area contributed by atoms with Gasteiger partial charge in [0.25, 0.3) is 0 Å². The van der Waals surface area contributed by atoms with Crippen molar-refractivity contribution in [2.24, 2.45) is 11.7 Å². The maximum Gasteiger partial charge on any atom is 0.134 e. The fourth-order valence-corrected chi connectivity index (χ4v) is 2.72. The van der Waals surface area contributed by atoms with Gasteiger partial charge in [0.15, 0.2) is 0 Å². The first-order valence-corrected chi connectivity index (χ1v) is 6.08. The van der Waals surface area contributed by atoms with Crippen LogP contribution in [0.3, 0.4) is 0 Å². The van der Waals surface area contributed by atoms with Gasteiger partial charge in [-0.3, -0.25) is 0 Å². The maximum atomic E-state index is 6.27. The largest absolute Gasteiger partial charge is 0.459 e. The van der Waals surface area contributed by atoms with Crippen molar-refractivity contribution in [3.8, 4) is 0 Å². The highest BCUT2D eigenvalue weighted by Gasteiger charge is 2.25. The molecule has 0 aliphatic heterocycles. The third kappa shape index (κ3) is 1.63. The van der Waals surface area contributed by atoms with Gasteiger partial charge in [0.2, 0.25) is 0 Å². The first kappa shape index (κ1) is 9.91. The van der Waals surface area contributed by atoms with E-state index in [1.165, 1.54) is 25.7 Å². The van der Waals surface area contributed by atoms with Crippen LogP contribution in [0.25, 0.3) is 11.0 Å². The van der Waals surface area contributed by atoms with E-state index in [0.717, 1.165) is 16.7 Å². The molecule has 0 saturated heterocycles. The topological polar surface area (TPSA) is 39.2 Å². The van der Waals surface area contributed by atoms with E-state index < -0.39 is 0 Å². The molecule has 2 N–H and O–H groups in total. The Labute approximate surface area is 95.4 Å². The van der Waals surface area contributed by atoms with Crippen LogP contribution >= 0.6 is 0 Å². The van der Waals surface area contributed by atoms with Gasteiger partial charge in [-0.2, -0.15) is 0 Å². The highest BCUT2D eigenvalue weighted by Crippen LogP contribution is 2.35. The van der Waals surface area contributed by atoms with E-state index >= 15 is 0 Å². The average molecular weight is 215 g/mol. The van der Waals surface area contributed by atoms with Crippen LogP contribution < -0.4 is 5.73 Å². The van der Waals surface area contributed by atoms with E-state index in [2.05, 4.69) is 12.1 Å². The van der Waals surface area contributed by atoms with Crippen LogP contribution in [-0.4, -0.2) is 0 Å². The Morgan fingerprint density at radius 2 is 1.94 bits per heavy atom. The summed E-state index contributed by atoms with van der Waals surface area (Å²) in [5, 5.41) is 1.16. The number of para-hydroxylation sites is 1. The van der Waals surface area contributed by atoms with Crippen LogP contribution in [0, 0.1) is 5.92 Å². The van der Waals surface area contributed by atoms with Crippen LogP contribution in [0.4, 0.5) is 0 Å². The number of hydrogen-bond donors (Lipinski definition) is 1. The monoisotopic (exact) mass is 215 g/mol. The molecule has 1 aromatic heterocycles. The van der Waals surface area contributed by atoms with E-state index in [4.69, 9.17) is 10.2 Å². The summed E-state index contributed by atoms with van der Waals surface area (Å²) in [4.78, 5) is 0. The van der Waals surface area contributed by atoms with E-state index in [0.29, 0.717) is 5.92 Å². The van der Waals surface area contributed by atoms with Crippen LogP contribution in [0.15, 0.2) is 34.7 Å². The van der Waals surface area contributed by atoms with Gasteiger partial charge in [-0.25, -0.2) is 0 Å². The molecule has 84 valence electrons. The number of furan rings is 1. The smallest absolute Gasteiger partial charge is 0.134 e. The molecule has 0 bridgehead atoms. The summed E-state index contributed by atoms with van der Waals surface area (Å²) < 4.78 is 5.82. The van der Waals surface area contributed by atoms with Crippen LogP contribution in [-0.2, 0) is 0 Å². The van der Waals surface area contributed by atoms with Crippen molar-refractivity contribution in [3.05, 3.63) is 36.1 Å². The van der Waals surface area contributed by atoms with E-state index in [1.54, 1.807) is 0 Å². The van der Waals surface area contributed by atoms with Gasteiger partial charge in [-0.05, 0) is 30.9 Å². The molecule has 1 aromatic carbocycles. The predicted octanol–water partition coefficient (Wildman–Crippen LogP) is 3.62. The second kappa shape index (κ2) is 3.95. The van der Waals surface area contributed by atoms with Gasteiger partial charge in [0.1, 0.15) is 11.3 Å². The van der Waals surface area contributed by atoms with E-state index in [-0.39, 0.29) is 6.04 Å². The first-order valence-electron chi connectivity index (χ1n) is 6.08. The zero-order valence-electron chi connectivity index (χ0n) is 9.36.